The van der Waals surface area contributed by atoms with Crippen LogP contribution >= 0.6 is 0 Å². The van der Waals surface area contributed by atoms with E-state index in [9.17, 15) is 17.6 Å². The highest BCUT2D eigenvalue weighted by Gasteiger charge is 2.16. The quantitative estimate of drug-likeness (QED) is 0.137. The maximum atomic E-state index is 15.3. The molecule has 0 spiro atoms. The fraction of sp³-hybridized carbons (Fsp3) is 0.241. The molecule has 0 aliphatic rings. The zero-order chi connectivity index (χ0) is 24.2. The lowest BCUT2D eigenvalue weighted by atomic mass is 9.95. The summed E-state index contributed by atoms with van der Waals surface area (Å²) in [5.41, 5.74) is 1.43. The summed E-state index contributed by atoms with van der Waals surface area (Å²) in [6.45, 7) is 2.18. The van der Waals surface area contributed by atoms with Crippen LogP contribution in [-0.2, 0) is 6.42 Å². The monoisotopic (exact) mass is 468 g/mol. The first kappa shape index (κ1) is 23.9. The average molecular weight is 469 g/mol. The second-order valence-corrected chi connectivity index (χ2v) is 8.60. The summed E-state index contributed by atoms with van der Waals surface area (Å²) in [6, 6.07) is 14.4. The van der Waals surface area contributed by atoms with Gasteiger partial charge in [0.25, 0.3) is 0 Å². The molecule has 0 unspecified atom stereocenters. The highest BCUT2D eigenvalue weighted by atomic mass is 19.2. The van der Waals surface area contributed by atoms with Crippen LogP contribution in [0.1, 0.15) is 44.6 Å². The van der Waals surface area contributed by atoms with Crippen LogP contribution in [0.4, 0.5) is 22.0 Å². The molecule has 4 aromatic rings. The number of unbranched alkanes of at least 4 members (excludes halogenated alkanes) is 4. The summed E-state index contributed by atoms with van der Waals surface area (Å²) in [5.74, 6) is -5.67. The number of rotatable bonds is 8. The first-order chi connectivity index (χ1) is 16.4. The molecule has 0 aliphatic carbocycles. The van der Waals surface area contributed by atoms with Gasteiger partial charge in [-0.3, -0.25) is 0 Å². The van der Waals surface area contributed by atoms with Crippen molar-refractivity contribution in [3.8, 4) is 22.3 Å². The van der Waals surface area contributed by atoms with Gasteiger partial charge in [-0.25, -0.2) is 22.0 Å². The van der Waals surface area contributed by atoms with E-state index in [-0.39, 0.29) is 16.7 Å². The first-order valence-electron chi connectivity index (χ1n) is 11.5. The van der Waals surface area contributed by atoms with Crippen LogP contribution in [0.5, 0.6) is 0 Å². The Bertz CT molecular complexity index is 1300. The van der Waals surface area contributed by atoms with Gasteiger partial charge in [-0.05, 0) is 53.1 Å². The van der Waals surface area contributed by atoms with Gasteiger partial charge in [0.05, 0.1) is 0 Å². The third-order valence-corrected chi connectivity index (χ3v) is 6.16. The van der Waals surface area contributed by atoms with Crippen molar-refractivity contribution in [3.05, 3.63) is 95.3 Å². The van der Waals surface area contributed by atoms with Gasteiger partial charge in [-0.2, -0.15) is 0 Å². The third kappa shape index (κ3) is 4.98. The van der Waals surface area contributed by atoms with Gasteiger partial charge in [0.15, 0.2) is 17.5 Å². The minimum absolute atomic E-state index is 0.105. The summed E-state index contributed by atoms with van der Waals surface area (Å²) in [6.07, 6.45) is 6.89. The zero-order valence-corrected chi connectivity index (χ0v) is 18.9. The van der Waals surface area contributed by atoms with Crippen molar-refractivity contribution in [2.24, 2.45) is 0 Å². The Morgan fingerprint density at radius 2 is 1.24 bits per heavy atom. The number of halogens is 5. The molecule has 0 heterocycles. The summed E-state index contributed by atoms with van der Waals surface area (Å²) >= 11 is 0. The summed E-state index contributed by atoms with van der Waals surface area (Å²) in [7, 11) is 0. The Hall–Kier alpha value is -3.21. The highest BCUT2D eigenvalue weighted by Crippen LogP contribution is 2.33. The molecule has 0 saturated heterocycles. The van der Waals surface area contributed by atoms with Crippen molar-refractivity contribution >= 4 is 10.8 Å². The Labute approximate surface area is 196 Å². The SMILES string of the molecule is CCCCCCCc1ccc2c(F)c(-c3ccc(-c4cc(F)c(F)c(F)c4)c(F)c3)ccc2c1. The van der Waals surface area contributed by atoms with E-state index in [1.807, 2.05) is 18.2 Å². The number of hydrogen-bond acceptors (Lipinski definition) is 0. The Morgan fingerprint density at radius 3 is 1.94 bits per heavy atom. The Morgan fingerprint density at radius 1 is 0.559 bits per heavy atom. The predicted molar refractivity (Wildman–Crippen MR) is 127 cm³/mol. The van der Waals surface area contributed by atoms with E-state index in [0.29, 0.717) is 10.9 Å². The molecule has 0 fully saturated rings. The molecular formula is C29H25F5. The van der Waals surface area contributed by atoms with Crippen molar-refractivity contribution in [1.29, 1.82) is 0 Å². The molecule has 4 aromatic carbocycles. The van der Waals surface area contributed by atoms with Crippen molar-refractivity contribution in [3.63, 3.8) is 0 Å². The van der Waals surface area contributed by atoms with E-state index in [0.717, 1.165) is 42.0 Å². The molecule has 4 rings (SSSR count). The molecule has 0 N–H and O–H groups in total. The smallest absolute Gasteiger partial charge is 0.194 e. The molecule has 0 bridgehead atoms. The van der Waals surface area contributed by atoms with Gasteiger partial charge in [0, 0.05) is 16.5 Å². The fourth-order valence-corrected chi connectivity index (χ4v) is 4.28. The molecule has 5 heteroatoms. The largest absolute Gasteiger partial charge is 0.206 e. The minimum Gasteiger partial charge on any atom is -0.206 e. The van der Waals surface area contributed by atoms with Crippen LogP contribution in [0.15, 0.2) is 60.7 Å². The lowest BCUT2D eigenvalue weighted by molar-refractivity contribution is 0.447. The maximum Gasteiger partial charge on any atom is 0.194 e. The lowest BCUT2D eigenvalue weighted by Crippen LogP contribution is -1.94. The molecular weight excluding hydrogens is 443 g/mol. The molecule has 0 radical (unpaired) electrons. The molecule has 0 amide bonds. The van der Waals surface area contributed by atoms with Crippen molar-refractivity contribution < 1.29 is 22.0 Å². The summed E-state index contributed by atoms with van der Waals surface area (Å²) in [4.78, 5) is 0. The topological polar surface area (TPSA) is 0 Å². The molecule has 0 aromatic heterocycles. The molecule has 0 saturated carbocycles. The van der Waals surface area contributed by atoms with E-state index >= 15 is 4.39 Å². The number of fused-ring (bicyclic) bond motifs is 1. The molecule has 34 heavy (non-hydrogen) atoms. The second-order valence-electron chi connectivity index (χ2n) is 8.60. The van der Waals surface area contributed by atoms with Crippen molar-refractivity contribution in [2.75, 3.05) is 0 Å². The fourth-order valence-electron chi connectivity index (χ4n) is 4.28. The van der Waals surface area contributed by atoms with Gasteiger partial charge < -0.3 is 0 Å². The van der Waals surface area contributed by atoms with Gasteiger partial charge in [0.1, 0.15) is 11.6 Å². The van der Waals surface area contributed by atoms with E-state index < -0.39 is 29.1 Å². The van der Waals surface area contributed by atoms with E-state index in [1.165, 1.54) is 37.8 Å². The van der Waals surface area contributed by atoms with Crippen molar-refractivity contribution in [1.82, 2.24) is 0 Å². The first-order valence-corrected chi connectivity index (χ1v) is 11.5. The molecule has 0 nitrogen and oxygen atoms in total. The molecule has 176 valence electrons. The maximum absolute atomic E-state index is 15.3. The zero-order valence-electron chi connectivity index (χ0n) is 18.9. The van der Waals surface area contributed by atoms with Crippen molar-refractivity contribution in [2.45, 2.75) is 45.4 Å². The van der Waals surface area contributed by atoms with Crippen LogP contribution in [0, 0.1) is 29.1 Å². The van der Waals surface area contributed by atoms with Crippen LogP contribution in [0.3, 0.4) is 0 Å². The molecule has 0 atom stereocenters. The Balaban J connectivity index is 1.60. The van der Waals surface area contributed by atoms with Crippen LogP contribution in [0.25, 0.3) is 33.0 Å². The molecule has 0 aliphatic heterocycles. The standard InChI is InChI=1S/C29H25F5/c1-2-3-4-5-6-7-18-8-11-23-19(14-18)10-13-24(28(23)33)20-9-12-22(25(30)15-20)21-16-26(31)29(34)27(32)17-21/h8-17H,2-7H2,1H3. The van der Waals surface area contributed by atoms with Crippen LogP contribution in [0.2, 0.25) is 0 Å². The normalized spacial score (nSPS) is 11.4. The second kappa shape index (κ2) is 10.4. The highest BCUT2D eigenvalue weighted by molar-refractivity contribution is 5.89. The Kier molecular flexibility index (Phi) is 7.30. The van der Waals surface area contributed by atoms with E-state index in [4.69, 9.17) is 0 Å². The average Bonchev–Trinajstić information content (AvgIpc) is 2.82. The summed E-state index contributed by atoms with van der Waals surface area (Å²) in [5, 5.41) is 1.22. The van der Waals surface area contributed by atoms with E-state index in [2.05, 4.69) is 6.92 Å². The minimum atomic E-state index is -1.61. The predicted octanol–water partition coefficient (Wildman–Crippen LogP) is 9.38. The van der Waals surface area contributed by atoms with Gasteiger partial charge in [0.2, 0.25) is 0 Å². The lowest BCUT2D eigenvalue weighted by Gasteiger charge is -2.11. The van der Waals surface area contributed by atoms with Gasteiger partial charge in [-0.1, -0.05) is 75.1 Å². The number of aryl methyl sites for hydroxylation is 1. The van der Waals surface area contributed by atoms with Crippen LogP contribution in [-0.4, -0.2) is 0 Å². The van der Waals surface area contributed by atoms with Crippen LogP contribution < -0.4 is 0 Å². The van der Waals surface area contributed by atoms with Gasteiger partial charge in [-0.15, -0.1) is 0 Å². The summed E-state index contributed by atoms with van der Waals surface area (Å²) < 4.78 is 70.5. The van der Waals surface area contributed by atoms with E-state index in [1.54, 1.807) is 12.1 Å². The number of hydrogen-bond donors (Lipinski definition) is 0. The van der Waals surface area contributed by atoms with Gasteiger partial charge >= 0.3 is 0 Å². The third-order valence-electron chi connectivity index (χ3n) is 6.16. The number of benzene rings is 4.